The van der Waals surface area contributed by atoms with Gasteiger partial charge >= 0.3 is 6.18 Å². The second-order valence-electron chi connectivity index (χ2n) is 3.88. The van der Waals surface area contributed by atoms with Gasteiger partial charge in [0.1, 0.15) is 0 Å². The molecule has 1 atom stereocenters. The van der Waals surface area contributed by atoms with Crippen molar-refractivity contribution in [1.29, 1.82) is 0 Å². The summed E-state index contributed by atoms with van der Waals surface area (Å²) >= 11 is 0. The minimum atomic E-state index is -4.32. The Balaban J connectivity index is 2.25. The molecule has 0 saturated carbocycles. The van der Waals surface area contributed by atoms with Crippen LogP contribution >= 0.6 is 0 Å². The van der Waals surface area contributed by atoms with Crippen LogP contribution in [0.1, 0.15) is 22.7 Å². The van der Waals surface area contributed by atoms with Crippen molar-refractivity contribution >= 4 is 0 Å². The predicted octanol–water partition coefficient (Wildman–Crippen LogP) is 3.15. The molecule has 0 aliphatic heterocycles. The molecular weight excluding hydrogens is 241 g/mol. The first-order valence-corrected chi connectivity index (χ1v) is 5.31. The molecule has 0 bridgehead atoms. The molecule has 0 saturated heterocycles. The average Bonchev–Trinajstić information content (AvgIpc) is 2.38. The number of nitrogens with two attached hydrogens (primary N) is 1. The summed E-state index contributed by atoms with van der Waals surface area (Å²) in [5.41, 5.74) is 6.74. The lowest BCUT2D eigenvalue weighted by molar-refractivity contribution is -0.137. The predicted molar refractivity (Wildman–Crippen MR) is 61.7 cm³/mol. The van der Waals surface area contributed by atoms with E-state index in [-0.39, 0.29) is 0 Å². The van der Waals surface area contributed by atoms with Crippen LogP contribution in [0.25, 0.3) is 0 Å². The van der Waals surface area contributed by atoms with Crippen LogP contribution in [0.3, 0.4) is 0 Å². The van der Waals surface area contributed by atoms with Crippen LogP contribution in [0, 0.1) is 0 Å². The summed E-state index contributed by atoms with van der Waals surface area (Å²) in [6, 6.07) is 7.90. The quantitative estimate of drug-likeness (QED) is 0.891. The van der Waals surface area contributed by atoms with Crippen LogP contribution < -0.4 is 5.73 Å². The van der Waals surface area contributed by atoms with Crippen LogP contribution in [-0.2, 0) is 6.18 Å². The van der Waals surface area contributed by atoms with Crippen LogP contribution in [0.5, 0.6) is 0 Å². The SMILES string of the molecule is N[C@H](c1ccncc1)c1ccc(C(F)(F)F)cc1. The number of rotatable bonds is 2. The fourth-order valence-corrected chi connectivity index (χ4v) is 1.64. The molecule has 1 aromatic carbocycles. The molecule has 0 amide bonds. The number of hydrogen-bond donors (Lipinski definition) is 1. The van der Waals surface area contributed by atoms with Crippen molar-refractivity contribution in [2.75, 3.05) is 0 Å². The van der Waals surface area contributed by atoms with E-state index in [4.69, 9.17) is 5.73 Å². The summed E-state index contributed by atoms with van der Waals surface area (Å²) in [5, 5.41) is 0. The zero-order valence-corrected chi connectivity index (χ0v) is 9.35. The monoisotopic (exact) mass is 252 g/mol. The Morgan fingerprint density at radius 3 is 1.89 bits per heavy atom. The molecule has 0 aliphatic rings. The van der Waals surface area contributed by atoms with Gasteiger partial charge in [0.2, 0.25) is 0 Å². The van der Waals surface area contributed by atoms with Crippen LogP contribution in [-0.4, -0.2) is 4.98 Å². The van der Waals surface area contributed by atoms with Gasteiger partial charge in [-0.1, -0.05) is 12.1 Å². The van der Waals surface area contributed by atoms with E-state index in [1.165, 1.54) is 12.1 Å². The maximum atomic E-state index is 12.4. The Hall–Kier alpha value is -1.88. The lowest BCUT2D eigenvalue weighted by Gasteiger charge is -2.13. The van der Waals surface area contributed by atoms with Crippen molar-refractivity contribution in [2.24, 2.45) is 5.73 Å². The molecule has 0 aliphatic carbocycles. The van der Waals surface area contributed by atoms with Gasteiger partial charge in [-0.25, -0.2) is 0 Å². The van der Waals surface area contributed by atoms with Gasteiger partial charge in [-0.15, -0.1) is 0 Å². The number of hydrogen-bond acceptors (Lipinski definition) is 2. The zero-order valence-electron chi connectivity index (χ0n) is 9.35. The summed E-state index contributed by atoms with van der Waals surface area (Å²) in [6.45, 7) is 0. The van der Waals surface area contributed by atoms with Gasteiger partial charge in [0.25, 0.3) is 0 Å². The van der Waals surface area contributed by atoms with Crippen molar-refractivity contribution in [3.05, 3.63) is 65.5 Å². The fraction of sp³-hybridized carbons (Fsp3) is 0.154. The van der Waals surface area contributed by atoms with Gasteiger partial charge in [0, 0.05) is 12.4 Å². The molecule has 0 radical (unpaired) electrons. The lowest BCUT2D eigenvalue weighted by atomic mass is 9.99. The lowest BCUT2D eigenvalue weighted by Crippen LogP contribution is -2.12. The van der Waals surface area contributed by atoms with Crippen LogP contribution in [0.2, 0.25) is 0 Å². The normalized spacial score (nSPS) is 13.3. The molecular formula is C13H11F3N2. The molecule has 2 N–H and O–H groups in total. The number of pyridine rings is 1. The van der Waals surface area contributed by atoms with Gasteiger partial charge in [0.05, 0.1) is 11.6 Å². The zero-order chi connectivity index (χ0) is 13.2. The summed E-state index contributed by atoms with van der Waals surface area (Å²) in [4.78, 5) is 3.86. The summed E-state index contributed by atoms with van der Waals surface area (Å²) in [7, 11) is 0. The van der Waals surface area contributed by atoms with E-state index in [1.807, 2.05) is 0 Å². The van der Waals surface area contributed by atoms with E-state index in [0.29, 0.717) is 5.56 Å². The third kappa shape index (κ3) is 2.68. The standard InChI is InChI=1S/C13H11F3N2/c14-13(15,16)11-3-1-9(2-4-11)12(17)10-5-7-18-8-6-10/h1-8,12H,17H2/t12-/m0/s1. The molecule has 1 heterocycles. The molecule has 18 heavy (non-hydrogen) atoms. The van der Waals surface area contributed by atoms with Crippen molar-refractivity contribution in [1.82, 2.24) is 4.98 Å². The summed E-state index contributed by atoms with van der Waals surface area (Å²) in [5.74, 6) is 0. The molecule has 94 valence electrons. The average molecular weight is 252 g/mol. The highest BCUT2D eigenvalue weighted by Crippen LogP contribution is 2.30. The molecule has 0 unspecified atom stereocenters. The molecule has 0 fully saturated rings. The largest absolute Gasteiger partial charge is 0.416 e. The maximum absolute atomic E-state index is 12.4. The van der Waals surface area contributed by atoms with Gasteiger partial charge in [-0.05, 0) is 35.4 Å². The van der Waals surface area contributed by atoms with Crippen molar-refractivity contribution in [3.8, 4) is 0 Å². The number of aromatic nitrogens is 1. The first-order valence-electron chi connectivity index (χ1n) is 5.31. The Kier molecular flexibility index (Phi) is 3.34. The minimum Gasteiger partial charge on any atom is -0.320 e. The van der Waals surface area contributed by atoms with Gasteiger partial charge in [-0.2, -0.15) is 13.2 Å². The second-order valence-corrected chi connectivity index (χ2v) is 3.88. The number of alkyl halides is 3. The summed E-state index contributed by atoms with van der Waals surface area (Å²) < 4.78 is 37.2. The van der Waals surface area contributed by atoms with E-state index in [1.54, 1.807) is 24.5 Å². The third-order valence-electron chi connectivity index (χ3n) is 2.66. The Bertz CT molecular complexity index is 506. The number of halogens is 3. The van der Waals surface area contributed by atoms with Gasteiger partial charge in [0.15, 0.2) is 0 Å². The van der Waals surface area contributed by atoms with Gasteiger partial charge < -0.3 is 5.73 Å². The highest BCUT2D eigenvalue weighted by atomic mass is 19.4. The molecule has 1 aromatic heterocycles. The maximum Gasteiger partial charge on any atom is 0.416 e. The Morgan fingerprint density at radius 2 is 1.39 bits per heavy atom. The smallest absolute Gasteiger partial charge is 0.320 e. The molecule has 2 rings (SSSR count). The highest BCUT2D eigenvalue weighted by molar-refractivity contribution is 5.32. The molecule has 0 spiro atoms. The van der Waals surface area contributed by atoms with Crippen molar-refractivity contribution < 1.29 is 13.2 Å². The third-order valence-corrected chi connectivity index (χ3v) is 2.66. The van der Waals surface area contributed by atoms with E-state index in [0.717, 1.165) is 17.7 Å². The number of nitrogens with zero attached hydrogens (tertiary/aromatic N) is 1. The first-order chi connectivity index (χ1) is 8.48. The Morgan fingerprint density at radius 1 is 0.889 bits per heavy atom. The van der Waals surface area contributed by atoms with Crippen LogP contribution in [0.4, 0.5) is 13.2 Å². The van der Waals surface area contributed by atoms with E-state index in [9.17, 15) is 13.2 Å². The number of benzene rings is 1. The molecule has 5 heteroatoms. The van der Waals surface area contributed by atoms with Crippen molar-refractivity contribution in [2.45, 2.75) is 12.2 Å². The summed E-state index contributed by atoms with van der Waals surface area (Å²) in [6.07, 6.45) is -1.13. The minimum absolute atomic E-state index is 0.449. The van der Waals surface area contributed by atoms with E-state index >= 15 is 0 Å². The van der Waals surface area contributed by atoms with E-state index in [2.05, 4.69) is 4.98 Å². The molecule has 2 aromatic rings. The Labute approximate surface area is 102 Å². The second kappa shape index (κ2) is 4.78. The van der Waals surface area contributed by atoms with Crippen molar-refractivity contribution in [3.63, 3.8) is 0 Å². The van der Waals surface area contributed by atoms with E-state index < -0.39 is 17.8 Å². The topological polar surface area (TPSA) is 38.9 Å². The van der Waals surface area contributed by atoms with Crippen LogP contribution in [0.15, 0.2) is 48.8 Å². The van der Waals surface area contributed by atoms with Gasteiger partial charge in [-0.3, -0.25) is 4.98 Å². The molecule has 2 nitrogen and oxygen atoms in total. The first kappa shape index (κ1) is 12.6. The fourth-order valence-electron chi connectivity index (χ4n) is 1.64. The highest BCUT2D eigenvalue weighted by Gasteiger charge is 2.30.